The van der Waals surface area contributed by atoms with E-state index in [9.17, 15) is 4.79 Å². The SMILES string of the molecule is Cc1cccc(Oc2cc(CNC(=O)C3CCNCC3)ccn2)c1C. The van der Waals surface area contributed by atoms with E-state index in [1.807, 2.05) is 31.2 Å². The van der Waals surface area contributed by atoms with Crippen molar-refractivity contribution in [3.05, 3.63) is 53.2 Å². The first-order valence-corrected chi connectivity index (χ1v) is 8.81. The molecule has 1 aliphatic heterocycles. The van der Waals surface area contributed by atoms with Gasteiger partial charge >= 0.3 is 0 Å². The summed E-state index contributed by atoms with van der Waals surface area (Å²) in [5.41, 5.74) is 3.27. The Kier molecular flexibility index (Phi) is 5.66. The minimum absolute atomic E-state index is 0.119. The Labute approximate surface area is 148 Å². The van der Waals surface area contributed by atoms with Crippen LogP contribution < -0.4 is 15.4 Å². The van der Waals surface area contributed by atoms with Gasteiger partial charge in [-0.15, -0.1) is 0 Å². The first-order valence-electron chi connectivity index (χ1n) is 8.81. The molecule has 0 aliphatic carbocycles. The molecular formula is C20H25N3O2. The number of hydrogen-bond donors (Lipinski definition) is 2. The van der Waals surface area contributed by atoms with Crippen molar-refractivity contribution in [2.75, 3.05) is 13.1 Å². The Morgan fingerprint density at radius 1 is 1.28 bits per heavy atom. The van der Waals surface area contributed by atoms with Crippen LogP contribution in [0, 0.1) is 19.8 Å². The first kappa shape index (κ1) is 17.4. The molecule has 0 spiro atoms. The minimum atomic E-state index is 0.119. The van der Waals surface area contributed by atoms with E-state index < -0.39 is 0 Å². The highest BCUT2D eigenvalue weighted by Gasteiger charge is 2.20. The summed E-state index contributed by atoms with van der Waals surface area (Å²) in [5.74, 6) is 1.61. The summed E-state index contributed by atoms with van der Waals surface area (Å²) in [5, 5.41) is 6.31. The third-order valence-electron chi connectivity index (χ3n) is 4.75. The lowest BCUT2D eigenvalue weighted by Crippen LogP contribution is -2.37. The molecule has 3 rings (SSSR count). The third kappa shape index (κ3) is 4.57. The van der Waals surface area contributed by atoms with Crippen molar-refractivity contribution < 1.29 is 9.53 Å². The number of benzene rings is 1. The third-order valence-corrected chi connectivity index (χ3v) is 4.75. The Balaban J connectivity index is 1.61. The molecule has 2 heterocycles. The van der Waals surface area contributed by atoms with Gasteiger partial charge in [-0.2, -0.15) is 0 Å². The fourth-order valence-electron chi connectivity index (χ4n) is 2.98. The van der Waals surface area contributed by atoms with Gasteiger partial charge in [0.05, 0.1) is 0 Å². The maximum absolute atomic E-state index is 12.2. The summed E-state index contributed by atoms with van der Waals surface area (Å²) >= 11 is 0. The van der Waals surface area contributed by atoms with Crippen LogP contribution in [0.15, 0.2) is 36.5 Å². The molecule has 0 radical (unpaired) electrons. The number of carbonyl (C=O) groups is 1. The van der Waals surface area contributed by atoms with Crippen LogP contribution in [-0.2, 0) is 11.3 Å². The van der Waals surface area contributed by atoms with Crippen LogP contribution >= 0.6 is 0 Å². The number of amides is 1. The van der Waals surface area contributed by atoms with E-state index in [0.29, 0.717) is 12.4 Å². The van der Waals surface area contributed by atoms with Crippen molar-refractivity contribution in [3.8, 4) is 11.6 Å². The number of nitrogens with zero attached hydrogens (tertiary/aromatic N) is 1. The minimum Gasteiger partial charge on any atom is -0.439 e. The summed E-state index contributed by atoms with van der Waals surface area (Å²) in [7, 11) is 0. The fraction of sp³-hybridized carbons (Fsp3) is 0.400. The molecule has 0 bridgehead atoms. The zero-order chi connectivity index (χ0) is 17.6. The average molecular weight is 339 g/mol. The second kappa shape index (κ2) is 8.12. The Hall–Kier alpha value is -2.40. The van der Waals surface area contributed by atoms with E-state index in [0.717, 1.165) is 42.8 Å². The van der Waals surface area contributed by atoms with Crippen LogP contribution in [0.1, 0.15) is 29.5 Å². The molecule has 1 saturated heterocycles. The second-order valence-electron chi connectivity index (χ2n) is 6.54. The summed E-state index contributed by atoms with van der Waals surface area (Å²) in [6.07, 6.45) is 3.53. The van der Waals surface area contributed by atoms with Gasteiger partial charge in [-0.1, -0.05) is 12.1 Å². The Morgan fingerprint density at radius 2 is 2.08 bits per heavy atom. The predicted molar refractivity (Wildman–Crippen MR) is 97.7 cm³/mol. The number of nitrogens with one attached hydrogen (secondary N) is 2. The monoisotopic (exact) mass is 339 g/mol. The maximum atomic E-state index is 12.2. The fourth-order valence-corrected chi connectivity index (χ4v) is 2.98. The molecule has 0 atom stereocenters. The Bertz CT molecular complexity index is 739. The maximum Gasteiger partial charge on any atom is 0.223 e. The quantitative estimate of drug-likeness (QED) is 0.879. The molecule has 132 valence electrons. The number of carbonyl (C=O) groups excluding carboxylic acids is 1. The lowest BCUT2D eigenvalue weighted by Gasteiger charge is -2.21. The van der Waals surface area contributed by atoms with Crippen LogP contribution in [0.25, 0.3) is 0 Å². The van der Waals surface area contributed by atoms with Crippen LogP contribution in [0.2, 0.25) is 0 Å². The van der Waals surface area contributed by atoms with Crippen LogP contribution in [0.5, 0.6) is 11.6 Å². The van der Waals surface area contributed by atoms with Gasteiger partial charge in [0.2, 0.25) is 11.8 Å². The second-order valence-corrected chi connectivity index (χ2v) is 6.54. The highest BCUT2D eigenvalue weighted by atomic mass is 16.5. The van der Waals surface area contributed by atoms with Gasteiger partial charge < -0.3 is 15.4 Å². The van der Waals surface area contributed by atoms with E-state index in [-0.39, 0.29) is 11.8 Å². The van der Waals surface area contributed by atoms with E-state index in [1.165, 1.54) is 5.56 Å². The Morgan fingerprint density at radius 3 is 2.88 bits per heavy atom. The number of aromatic nitrogens is 1. The predicted octanol–water partition coefficient (Wildman–Crippen LogP) is 3.11. The lowest BCUT2D eigenvalue weighted by atomic mass is 9.97. The topological polar surface area (TPSA) is 63.2 Å². The zero-order valence-corrected chi connectivity index (χ0v) is 14.8. The number of aryl methyl sites for hydroxylation is 1. The van der Waals surface area contributed by atoms with Gasteiger partial charge in [0.25, 0.3) is 0 Å². The van der Waals surface area contributed by atoms with Crippen molar-refractivity contribution >= 4 is 5.91 Å². The molecule has 1 aromatic carbocycles. The average Bonchev–Trinajstić information content (AvgIpc) is 2.64. The van der Waals surface area contributed by atoms with E-state index in [4.69, 9.17) is 4.74 Å². The highest BCUT2D eigenvalue weighted by molar-refractivity contribution is 5.78. The van der Waals surface area contributed by atoms with Gasteiger partial charge in [-0.3, -0.25) is 4.79 Å². The van der Waals surface area contributed by atoms with E-state index >= 15 is 0 Å². The molecule has 1 aliphatic rings. The molecule has 1 aromatic heterocycles. The summed E-state index contributed by atoms with van der Waals surface area (Å²) in [6.45, 7) is 6.42. The number of piperidine rings is 1. The molecule has 1 amide bonds. The molecule has 2 aromatic rings. The summed E-state index contributed by atoms with van der Waals surface area (Å²) < 4.78 is 5.92. The molecule has 5 heteroatoms. The number of hydrogen-bond acceptors (Lipinski definition) is 4. The largest absolute Gasteiger partial charge is 0.439 e. The first-order chi connectivity index (χ1) is 12.1. The van der Waals surface area contributed by atoms with Crippen molar-refractivity contribution in [3.63, 3.8) is 0 Å². The van der Waals surface area contributed by atoms with Gasteiger partial charge in [0, 0.05) is 24.7 Å². The lowest BCUT2D eigenvalue weighted by molar-refractivity contribution is -0.125. The van der Waals surface area contributed by atoms with Gasteiger partial charge in [-0.25, -0.2) is 4.98 Å². The normalized spacial score (nSPS) is 15.0. The molecular weight excluding hydrogens is 314 g/mol. The van der Waals surface area contributed by atoms with Crippen molar-refractivity contribution in [2.24, 2.45) is 5.92 Å². The molecule has 5 nitrogen and oxygen atoms in total. The van der Waals surface area contributed by atoms with Crippen molar-refractivity contribution in [2.45, 2.75) is 33.2 Å². The molecule has 0 unspecified atom stereocenters. The van der Waals surface area contributed by atoms with Gasteiger partial charge in [0.15, 0.2) is 0 Å². The van der Waals surface area contributed by atoms with E-state index in [1.54, 1.807) is 6.20 Å². The smallest absolute Gasteiger partial charge is 0.223 e. The van der Waals surface area contributed by atoms with Gasteiger partial charge in [-0.05, 0) is 68.6 Å². The summed E-state index contributed by atoms with van der Waals surface area (Å²) in [6, 6.07) is 9.75. The molecule has 2 N–H and O–H groups in total. The number of ether oxygens (including phenoxy) is 1. The summed E-state index contributed by atoms with van der Waals surface area (Å²) in [4.78, 5) is 16.5. The van der Waals surface area contributed by atoms with Crippen molar-refractivity contribution in [1.29, 1.82) is 0 Å². The van der Waals surface area contributed by atoms with Crippen LogP contribution in [0.4, 0.5) is 0 Å². The number of rotatable bonds is 5. The molecule has 0 saturated carbocycles. The molecule has 1 fully saturated rings. The van der Waals surface area contributed by atoms with Crippen LogP contribution in [-0.4, -0.2) is 24.0 Å². The number of pyridine rings is 1. The van der Waals surface area contributed by atoms with Crippen molar-refractivity contribution in [1.82, 2.24) is 15.6 Å². The van der Waals surface area contributed by atoms with Crippen LogP contribution in [0.3, 0.4) is 0 Å². The molecule has 25 heavy (non-hydrogen) atoms. The highest BCUT2D eigenvalue weighted by Crippen LogP contribution is 2.26. The van der Waals surface area contributed by atoms with Gasteiger partial charge in [0.1, 0.15) is 5.75 Å². The van der Waals surface area contributed by atoms with E-state index in [2.05, 4.69) is 28.6 Å². The standard InChI is InChI=1S/C20H25N3O2/c1-14-4-3-5-18(15(14)2)25-19-12-16(6-11-22-19)13-23-20(24)17-7-9-21-10-8-17/h3-6,11-12,17,21H,7-10,13H2,1-2H3,(H,23,24). The zero-order valence-electron chi connectivity index (χ0n) is 14.8.